The van der Waals surface area contributed by atoms with Gasteiger partial charge in [0, 0.05) is 5.38 Å². The Morgan fingerprint density at radius 2 is 1.79 bits per heavy atom. The molecule has 14 heavy (non-hydrogen) atoms. The van der Waals surface area contributed by atoms with Gasteiger partial charge >= 0.3 is 0 Å². The van der Waals surface area contributed by atoms with Crippen molar-refractivity contribution in [1.29, 1.82) is 0 Å². The summed E-state index contributed by atoms with van der Waals surface area (Å²) < 4.78 is 0. The second kappa shape index (κ2) is 2.36. The van der Waals surface area contributed by atoms with Gasteiger partial charge in [0.15, 0.2) is 0 Å². The van der Waals surface area contributed by atoms with Crippen molar-refractivity contribution < 1.29 is 0 Å². The van der Waals surface area contributed by atoms with E-state index in [1.54, 1.807) is 0 Å². The molecule has 0 spiro atoms. The minimum Gasteiger partial charge on any atom is -0.122 e. The van der Waals surface area contributed by atoms with Crippen molar-refractivity contribution in [3.8, 4) is 0 Å². The molecule has 0 aromatic heterocycles. The molecule has 2 unspecified atom stereocenters. The summed E-state index contributed by atoms with van der Waals surface area (Å²) in [6, 6.07) is 11.0. The smallest absolute Gasteiger partial charge is 0.0404 e. The Morgan fingerprint density at radius 3 is 2.29 bits per heavy atom. The third kappa shape index (κ3) is 0.738. The van der Waals surface area contributed by atoms with Crippen LogP contribution in [0.15, 0.2) is 30.3 Å². The predicted molar refractivity (Wildman–Crippen MR) is 57.4 cm³/mol. The molecule has 4 saturated carbocycles. The van der Waals surface area contributed by atoms with Crippen LogP contribution < -0.4 is 0 Å². The summed E-state index contributed by atoms with van der Waals surface area (Å²) in [5.41, 5.74) is 1.54. The highest BCUT2D eigenvalue weighted by Crippen LogP contribution is 2.77. The number of hydrogen-bond donors (Lipinski definition) is 0. The van der Waals surface area contributed by atoms with Gasteiger partial charge in [0.25, 0.3) is 0 Å². The number of benzene rings is 1. The number of rotatable bonds is 1. The minimum atomic E-state index is 0.496. The molecule has 0 aliphatic heterocycles. The van der Waals surface area contributed by atoms with Crippen LogP contribution in [0.5, 0.6) is 0 Å². The highest BCUT2D eigenvalue weighted by Gasteiger charge is 2.73. The minimum absolute atomic E-state index is 0.496. The van der Waals surface area contributed by atoms with Crippen molar-refractivity contribution in [3.63, 3.8) is 0 Å². The van der Waals surface area contributed by atoms with Crippen molar-refractivity contribution in [2.24, 2.45) is 23.7 Å². The van der Waals surface area contributed by atoms with E-state index in [1.165, 1.54) is 12.0 Å². The average Bonchev–Trinajstić information content (AvgIpc) is 2.55. The summed E-state index contributed by atoms with van der Waals surface area (Å²) in [6.45, 7) is 0. The first-order valence-electron chi connectivity index (χ1n) is 5.57. The maximum atomic E-state index is 6.44. The second-order valence-corrected chi connectivity index (χ2v) is 5.60. The van der Waals surface area contributed by atoms with Gasteiger partial charge in [-0.2, -0.15) is 0 Å². The van der Waals surface area contributed by atoms with Crippen molar-refractivity contribution >= 4 is 11.6 Å². The molecule has 0 saturated heterocycles. The Morgan fingerprint density at radius 1 is 1.00 bits per heavy atom. The van der Waals surface area contributed by atoms with Gasteiger partial charge in [0.1, 0.15) is 0 Å². The van der Waals surface area contributed by atoms with Crippen molar-refractivity contribution in [2.75, 3.05) is 0 Å². The first-order chi connectivity index (χ1) is 6.88. The molecule has 0 nitrogen and oxygen atoms in total. The van der Waals surface area contributed by atoms with Crippen molar-refractivity contribution in [3.05, 3.63) is 35.9 Å². The largest absolute Gasteiger partial charge is 0.122 e. The molecule has 4 aliphatic carbocycles. The molecule has 0 amide bonds. The summed E-state index contributed by atoms with van der Waals surface area (Å²) in [4.78, 5) is 0. The zero-order valence-electron chi connectivity index (χ0n) is 7.94. The molecule has 4 fully saturated rings. The van der Waals surface area contributed by atoms with Crippen molar-refractivity contribution in [2.45, 2.75) is 17.7 Å². The van der Waals surface area contributed by atoms with Gasteiger partial charge in [-0.1, -0.05) is 30.3 Å². The molecular formula is C13H13Cl. The van der Waals surface area contributed by atoms with Crippen LogP contribution in [-0.2, 0) is 0 Å². The van der Waals surface area contributed by atoms with E-state index in [-0.39, 0.29) is 0 Å². The molecule has 0 radical (unpaired) electrons. The Labute approximate surface area is 89.3 Å². The van der Waals surface area contributed by atoms with Crippen molar-refractivity contribution in [1.82, 2.24) is 0 Å². The van der Waals surface area contributed by atoms with Gasteiger partial charge in [-0.05, 0) is 41.6 Å². The monoisotopic (exact) mass is 204 g/mol. The van der Waals surface area contributed by atoms with Crippen LogP contribution in [0.25, 0.3) is 0 Å². The molecule has 1 heteroatoms. The highest BCUT2D eigenvalue weighted by atomic mass is 35.5. The first kappa shape index (κ1) is 7.76. The standard InChI is InChI=1S/C13H13Cl/c14-13-9-6-8-11(12(8)13)10(9)7-4-2-1-3-5-7/h1-5,8-13H,6H2/t8-,9+,10-,11?,12?,13-/m0/s1. The normalized spacial score (nSPS) is 52.4. The summed E-state index contributed by atoms with van der Waals surface area (Å²) in [7, 11) is 0. The average molecular weight is 205 g/mol. The van der Waals surface area contributed by atoms with E-state index < -0.39 is 0 Å². The van der Waals surface area contributed by atoms with E-state index in [9.17, 15) is 0 Å². The van der Waals surface area contributed by atoms with Gasteiger partial charge < -0.3 is 0 Å². The van der Waals surface area contributed by atoms with E-state index in [2.05, 4.69) is 30.3 Å². The summed E-state index contributed by atoms with van der Waals surface area (Å²) in [5.74, 6) is 4.41. The van der Waals surface area contributed by atoms with Crippen LogP contribution in [0.2, 0.25) is 0 Å². The SMILES string of the molecule is Cl[C@@H]1C2C3[C@@H]2C[C@@H]1[C@@H]3c1ccccc1. The maximum Gasteiger partial charge on any atom is 0.0404 e. The summed E-state index contributed by atoms with van der Waals surface area (Å²) in [5, 5.41) is 0.496. The van der Waals surface area contributed by atoms with Crippen LogP contribution in [0.4, 0.5) is 0 Å². The van der Waals surface area contributed by atoms with Crippen LogP contribution in [0, 0.1) is 23.7 Å². The van der Waals surface area contributed by atoms with Gasteiger partial charge in [0.05, 0.1) is 0 Å². The zero-order chi connectivity index (χ0) is 9.28. The number of hydrogen-bond acceptors (Lipinski definition) is 0. The predicted octanol–water partition coefficient (Wildman–Crippen LogP) is 3.27. The molecule has 6 atom stereocenters. The molecular weight excluding hydrogens is 192 g/mol. The third-order valence-corrected chi connectivity index (χ3v) is 5.29. The summed E-state index contributed by atoms with van der Waals surface area (Å²) >= 11 is 6.44. The summed E-state index contributed by atoms with van der Waals surface area (Å²) in [6.07, 6.45) is 1.41. The molecule has 1 aromatic rings. The van der Waals surface area contributed by atoms with E-state index in [0.717, 1.165) is 29.6 Å². The lowest BCUT2D eigenvalue weighted by Crippen LogP contribution is -2.09. The van der Waals surface area contributed by atoms with Gasteiger partial charge in [0.2, 0.25) is 0 Å². The van der Waals surface area contributed by atoms with Crippen LogP contribution in [0.1, 0.15) is 17.9 Å². The van der Waals surface area contributed by atoms with E-state index in [0.29, 0.717) is 5.38 Å². The Bertz CT molecular complexity index is 372. The lowest BCUT2D eigenvalue weighted by atomic mass is 9.90. The Kier molecular flexibility index (Phi) is 1.31. The van der Waals surface area contributed by atoms with Crippen LogP contribution >= 0.6 is 11.6 Å². The lowest BCUT2D eigenvalue weighted by molar-refractivity contribution is 0.532. The highest BCUT2D eigenvalue weighted by molar-refractivity contribution is 6.22. The molecule has 0 N–H and O–H groups in total. The van der Waals surface area contributed by atoms with Crippen LogP contribution in [-0.4, -0.2) is 5.38 Å². The molecule has 4 aliphatic rings. The number of alkyl halides is 1. The number of halogens is 1. The first-order valence-corrected chi connectivity index (χ1v) is 6.00. The van der Waals surface area contributed by atoms with Gasteiger partial charge in [-0.15, -0.1) is 11.6 Å². The fourth-order valence-corrected chi connectivity index (χ4v) is 4.82. The molecule has 5 rings (SSSR count). The lowest BCUT2D eigenvalue weighted by Gasteiger charge is -2.16. The van der Waals surface area contributed by atoms with Gasteiger partial charge in [-0.3, -0.25) is 0 Å². The Balaban J connectivity index is 1.76. The quantitative estimate of drug-likeness (QED) is 0.616. The molecule has 0 heterocycles. The van der Waals surface area contributed by atoms with Gasteiger partial charge in [-0.25, -0.2) is 0 Å². The zero-order valence-corrected chi connectivity index (χ0v) is 8.69. The fourth-order valence-electron chi connectivity index (χ4n) is 4.20. The fraction of sp³-hybridized carbons (Fsp3) is 0.538. The maximum absolute atomic E-state index is 6.44. The molecule has 1 aromatic carbocycles. The van der Waals surface area contributed by atoms with E-state index in [4.69, 9.17) is 11.6 Å². The topological polar surface area (TPSA) is 0 Å². The van der Waals surface area contributed by atoms with Crippen LogP contribution in [0.3, 0.4) is 0 Å². The second-order valence-electron chi connectivity index (χ2n) is 5.10. The molecule has 72 valence electrons. The Hall–Kier alpha value is -0.490. The molecule has 4 bridgehead atoms. The third-order valence-electron chi connectivity index (χ3n) is 4.67. The van der Waals surface area contributed by atoms with E-state index >= 15 is 0 Å². The van der Waals surface area contributed by atoms with E-state index in [1.807, 2.05) is 0 Å².